The number of aromatic nitrogens is 1. The Kier molecular flexibility index (Phi) is 7.05. The van der Waals surface area contributed by atoms with Crippen molar-refractivity contribution in [1.29, 1.82) is 0 Å². The molecule has 0 saturated carbocycles. The first-order valence-electron chi connectivity index (χ1n) is 10.3. The van der Waals surface area contributed by atoms with Gasteiger partial charge in [-0.25, -0.2) is 13.1 Å². The van der Waals surface area contributed by atoms with E-state index in [4.69, 9.17) is 0 Å². The summed E-state index contributed by atoms with van der Waals surface area (Å²) in [4.78, 5) is 0.103. The van der Waals surface area contributed by atoms with Crippen LogP contribution in [0.3, 0.4) is 0 Å². The maximum atomic E-state index is 12.6. The van der Waals surface area contributed by atoms with Gasteiger partial charge >= 0.3 is 6.36 Å². The number of hydrogen-bond donors (Lipinski definition) is 2. The molecule has 34 heavy (non-hydrogen) atoms. The molecule has 0 bridgehead atoms. The van der Waals surface area contributed by atoms with E-state index in [9.17, 15) is 21.6 Å². The second-order valence-electron chi connectivity index (χ2n) is 7.30. The molecule has 6 nitrogen and oxygen atoms in total. The molecule has 0 spiro atoms. The van der Waals surface area contributed by atoms with Gasteiger partial charge in [0.25, 0.3) is 0 Å². The minimum absolute atomic E-state index is 0.103. The molecule has 4 rings (SSSR count). The quantitative estimate of drug-likeness (QED) is 0.287. The van der Waals surface area contributed by atoms with E-state index in [1.54, 1.807) is 12.1 Å². The molecule has 0 aliphatic heterocycles. The van der Waals surface area contributed by atoms with Crippen molar-refractivity contribution >= 4 is 37.5 Å². The number of hydrogen-bond acceptors (Lipinski definition) is 6. The molecule has 1 aromatic heterocycles. The summed E-state index contributed by atoms with van der Waals surface area (Å²) >= 11 is 1.41. The molecular formula is C23H20F3N3O3S2. The third-order valence-electron chi connectivity index (χ3n) is 4.90. The zero-order valence-corrected chi connectivity index (χ0v) is 19.3. The van der Waals surface area contributed by atoms with E-state index < -0.39 is 16.4 Å². The zero-order valence-electron chi connectivity index (χ0n) is 17.7. The van der Waals surface area contributed by atoms with E-state index in [1.165, 1.54) is 47.9 Å². The van der Waals surface area contributed by atoms with Crippen LogP contribution in [0.25, 0.3) is 21.2 Å². The molecule has 0 fully saturated rings. The first-order chi connectivity index (χ1) is 16.2. The molecule has 0 saturated heterocycles. The van der Waals surface area contributed by atoms with Gasteiger partial charge < -0.3 is 10.1 Å². The normalized spacial score (nSPS) is 12.1. The highest BCUT2D eigenvalue weighted by molar-refractivity contribution is 7.89. The second-order valence-corrected chi connectivity index (χ2v) is 9.87. The smallest absolute Gasteiger partial charge is 0.406 e. The number of benzene rings is 3. The number of ether oxygens (including phenoxy) is 1. The Bertz CT molecular complexity index is 1350. The molecule has 11 heteroatoms. The highest BCUT2D eigenvalue weighted by atomic mass is 32.2. The highest BCUT2D eigenvalue weighted by Crippen LogP contribution is 2.28. The van der Waals surface area contributed by atoms with Gasteiger partial charge in [0.1, 0.15) is 11.6 Å². The Balaban J connectivity index is 1.29. The predicted molar refractivity (Wildman–Crippen MR) is 126 cm³/mol. The van der Waals surface area contributed by atoms with E-state index in [0.29, 0.717) is 24.1 Å². The number of halogens is 3. The number of nitrogens with one attached hydrogen (secondary N) is 2. The summed E-state index contributed by atoms with van der Waals surface area (Å²) in [5, 5.41) is 4.27. The molecule has 0 atom stereocenters. The molecule has 1 heterocycles. The van der Waals surface area contributed by atoms with Gasteiger partial charge in [-0.15, -0.1) is 13.2 Å². The topological polar surface area (TPSA) is 80.3 Å². The van der Waals surface area contributed by atoms with E-state index in [1.807, 2.05) is 24.3 Å². The largest absolute Gasteiger partial charge is 0.573 e. The summed E-state index contributed by atoms with van der Waals surface area (Å²) in [5.41, 5.74) is 1.30. The molecular weight excluding hydrogens is 487 g/mol. The average Bonchev–Trinajstić information content (AvgIpc) is 3.21. The van der Waals surface area contributed by atoms with Gasteiger partial charge in [0.2, 0.25) is 10.0 Å². The van der Waals surface area contributed by atoms with Crippen LogP contribution in [0, 0.1) is 0 Å². The lowest BCUT2D eigenvalue weighted by Crippen LogP contribution is -2.26. The molecule has 0 amide bonds. The summed E-state index contributed by atoms with van der Waals surface area (Å²) in [6, 6.07) is 19.3. The van der Waals surface area contributed by atoms with E-state index in [0.717, 1.165) is 15.9 Å². The van der Waals surface area contributed by atoms with Crippen molar-refractivity contribution in [1.82, 2.24) is 9.10 Å². The maximum absolute atomic E-state index is 12.6. The fourth-order valence-electron chi connectivity index (χ4n) is 3.27. The summed E-state index contributed by atoms with van der Waals surface area (Å²) in [7, 11) is -3.69. The number of sulfonamides is 1. The average molecular weight is 508 g/mol. The van der Waals surface area contributed by atoms with Crippen LogP contribution in [0.15, 0.2) is 77.7 Å². The minimum atomic E-state index is -4.75. The van der Waals surface area contributed by atoms with Crippen LogP contribution >= 0.6 is 11.5 Å². The van der Waals surface area contributed by atoms with Gasteiger partial charge in [-0.3, -0.25) is 0 Å². The number of fused-ring (bicyclic) bond motifs is 1. The Labute approximate surface area is 198 Å². The fraction of sp³-hybridized carbons (Fsp3) is 0.174. The third-order valence-corrected chi connectivity index (χ3v) is 7.20. The van der Waals surface area contributed by atoms with E-state index in [2.05, 4.69) is 19.1 Å². The molecule has 2 N–H and O–H groups in total. The van der Waals surface area contributed by atoms with Crippen molar-refractivity contribution in [3.8, 4) is 16.9 Å². The number of nitrogens with zero attached hydrogens (tertiary/aromatic N) is 1. The maximum Gasteiger partial charge on any atom is 0.573 e. The second kappa shape index (κ2) is 10.00. The zero-order chi connectivity index (χ0) is 24.2. The SMILES string of the molecule is O=S(=O)(NCCCNc1nsc2ccccc12)c1ccc(-c2ccc(OC(F)(F)F)cc2)cc1. The van der Waals surface area contributed by atoms with Crippen LogP contribution in [0.2, 0.25) is 0 Å². The van der Waals surface area contributed by atoms with Crippen LogP contribution in [0.5, 0.6) is 5.75 Å². The van der Waals surface area contributed by atoms with Crippen LogP contribution in [0.4, 0.5) is 19.0 Å². The van der Waals surface area contributed by atoms with Gasteiger partial charge in [-0.05, 0) is 65.5 Å². The Morgan fingerprint density at radius 1 is 0.882 bits per heavy atom. The van der Waals surface area contributed by atoms with Gasteiger partial charge in [-0.1, -0.05) is 36.4 Å². The van der Waals surface area contributed by atoms with Crippen molar-refractivity contribution in [2.24, 2.45) is 0 Å². The van der Waals surface area contributed by atoms with Gasteiger partial charge in [-0.2, -0.15) is 4.37 Å². The van der Waals surface area contributed by atoms with E-state index >= 15 is 0 Å². The molecule has 0 unspecified atom stereocenters. The molecule has 4 aromatic rings. The predicted octanol–water partition coefficient (Wildman–Crippen LogP) is 5.64. The Hall–Kier alpha value is -3.15. The van der Waals surface area contributed by atoms with Gasteiger partial charge in [0, 0.05) is 18.5 Å². The van der Waals surface area contributed by atoms with Crippen molar-refractivity contribution < 1.29 is 26.3 Å². The first-order valence-corrected chi connectivity index (χ1v) is 12.5. The lowest BCUT2D eigenvalue weighted by atomic mass is 10.1. The van der Waals surface area contributed by atoms with Crippen molar-refractivity contribution in [3.05, 3.63) is 72.8 Å². The van der Waals surface area contributed by atoms with E-state index in [-0.39, 0.29) is 17.2 Å². The highest BCUT2D eigenvalue weighted by Gasteiger charge is 2.31. The van der Waals surface area contributed by atoms with Crippen molar-refractivity contribution in [2.75, 3.05) is 18.4 Å². The summed E-state index contributed by atoms with van der Waals surface area (Å²) in [5.74, 6) is 0.467. The van der Waals surface area contributed by atoms with Crippen molar-refractivity contribution in [3.63, 3.8) is 0 Å². The van der Waals surface area contributed by atoms with Crippen LogP contribution in [-0.4, -0.2) is 32.2 Å². The lowest BCUT2D eigenvalue weighted by molar-refractivity contribution is -0.274. The molecule has 0 aliphatic carbocycles. The molecule has 178 valence electrons. The Morgan fingerprint density at radius 2 is 1.53 bits per heavy atom. The molecule has 0 radical (unpaired) electrons. The third kappa shape index (κ3) is 6.04. The Morgan fingerprint density at radius 3 is 2.21 bits per heavy atom. The van der Waals surface area contributed by atoms with Crippen LogP contribution < -0.4 is 14.8 Å². The minimum Gasteiger partial charge on any atom is -0.406 e. The number of alkyl halides is 3. The van der Waals surface area contributed by atoms with Crippen molar-refractivity contribution in [2.45, 2.75) is 17.7 Å². The van der Waals surface area contributed by atoms with Gasteiger partial charge in [0.05, 0.1) is 9.60 Å². The standard InChI is InChI=1S/C23H20F3N3O3S2/c24-23(25,26)32-18-10-6-16(7-11-18)17-8-12-19(13-9-17)34(30,31)28-15-3-14-27-22-20-4-1-2-5-21(20)33-29-22/h1-2,4-13,28H,3,14-15H2,(H,27,29). The summed E-state index contributed by atoms with van der Waals surface area (Å²) in [6.07, 6.45) is -4.19. The monoisotopic (exact) mass is 507 g/mol. The summed E-state index contributed by atoms with van der Waals surface area (Å²) < 4.78 is 73.9. The fourth-order valence-corrected chi connectivity index (χ4v) is 5.10. The van der Waals surface area contributed by atoms with Crippen LogP contribution in [0.1, 0.15) is 6.42 Å². The van der Waals surface area contributed by atoms with Crippen LogP contribution in [-0.2, 0) is 10.0 Å². The lowest BCUT2D eigenvalue weighted by Gasteiger charge is -2.10. The molecule has 0 aliphatic rings. The first kappa shape index (κ1) is 24.0. The van der Waals surface area contributed by atoms with Gasteiger partial charge in [0.15, 0.2) is 0 Å². The number of anilines is 1. The summed E-state index contributed by atoms with van der Waals surface area (Å²) in [6.45, 7) is 0.809. The number of rotatable bonds is 9. The molecule has 3 aromatic carbocycles.